The van der Waals surface area contributed by atoms with Crippen LogP contribution in [-0.2, 0) is 9.47 Å². The first-order valence-corrected chi connectivity index (χ1v) is 7.69. The highest BCUT2D eigenvalue weighted by molar-refractivity contribution is 5.75. The Hall–Kier alpha value is -1.73. The van der Waals surface area contributed by atoms with Crippen molar-refractivity contribution in [3.63, 3.8) is 0 Å². The van der Waals surface area contributed by atoms with Crippen LogP contribution in [0.2, 0.25) is 0 Å². The lowest BCUT2D eigenvalue weighted by Gasteiger charge is -2.32. The molecule has 1 aliphatic heterocycles. The molecule has 1 heterocycles. The van der Waals surface area contributed by atoms with Crippen molar-refractivity contribution in [3.8, 4) is 0 Å². The predicted molar refractivity (Wildman–Crippen MR) is 79.2 cm³/mol. The summed E-state index contributed by atoms with van der Waals surface area (Å²) in [6.45, 7) is 1.91. The SMILES string of the molecule is COC[C@@H]1CN(C(=O)N[C@@H]2C[C@@H]2c2ccc(F)cc2F)CCO1. The van der Waals surface area contributed by atoms with Crippen molar-refractivity contribution in [1.82, 2.24) is 10.2 Å². The second-order valence-corrected chi connectivity index (χ2v) is 5.96. The van der Waals surface area contributed by atoms with Gasteiger partial charge in [0.25, 0.3) is 0 Å². The molecule has 1 aliphatic carbocycles. The molecule has 1 aromatic rings. The van der Waals surface area contributed by atoms with E-state index >= 15 is 0 Å². The first-order chi connectivity index (χ1) is 11.1. The summed E-state index contributed by atoms with van der Waals surface area (Å²) in [7, 11) is 1.59. The highest BCUT2D eigenvalue weighted by Gasteiger charge is 2.42. The van der Waals surface area contributed by atoms with E-state index in [1.54, 1.807) is 12.0 Å². The minimum atomic E-state index is -0.593. The molecule has 2 fully saturated rings. The Morgan fingerprint density at radius 2 is 2.30 bits per heavy atom. The van der Waals surface area contributed by atoms with Crippen molar-refractivity contribution in [2.45, 2.75) is 24.5 Å². The third-order valence-corrected chi connectivity index (χ3v) is 4.24. The zero-order valence-electron chi connectivity index (χ0n) is 12.9. The summed E-state index contributed by atoms with van der Waals surface area (Å²) < 4.78 is 37.2. The number of ether oxygens (including phenoxy) is 2. The van der Waals surface area contributed by atoms with Gasteiger partial charge in [-0.05, 0) is 18.1 Å². The summed E-state index contributed by atoms with van der Waals surface area (Å²) in [5.74, 6) is -1.24. The Morgan fingerprint density at radius 1 is 1.48 bits per heavy atom. The maximum Gasteiger partial charge on any atom is 0.317 e. The van der Waals surface area contributed by atoms with Gasteiger partial charge in [-0.15, -0.1) is 0 Å². The Bertz CT molecular complexity index is 582. The summed E-state index contributed by atoms with van der Waals surface area (Å²) in [5.41, 5.74) is 0.455. The fourth-order valence-corrected chi connectivity index (χ4v) is 2.94. The highest BCUT2D eigenvalue weighted by Crippen LogP contribution is 2.42. The van der Waals surface area contributed by atoms with Crippen molar-refractivity contribution < 1.29 is 23.0 Å². The number of carbonyl (C=O) groups excluding carboxylic acids is 1. The number of nitrogens with one attached hydrogen (secondary N) is 1. The number of benzene rings is 1. The van der Waals surface area contributed by atoms with Crippen molar-refractivity contribution >= 4 is 6.03 Å². The summed E-state index contributed by atoms with van der Waals surface area (Å²) >= 11 is 0. The number of carbonyl (C=O) groups is 1. The number of methoxy groups -OCH3 is 1. The molecule has 2 amide bonds. The van der Waals surface area contributed by atoms with E-state index in [9.17, 15) is 13.6 Å². The fraction of sp³-hybridized carbons (Fsp3) is 0.562. The average molecular weight is 326 g/mol. The van der Waals surface area contributed by atoms with E-state index in [4.69, 9.17) is 9.47 Å². The number of urea groups is 1. The van der Waals surface area contributed by atoms with Gasteiger partial charge < -0.3 is 19.7 Å². The second kappa shape index (κ2) is 6.80. The minimum Gasteiger partial charge on any atom is -0.382 e. The van der Waals surface area contributed by atoms with Gasteiger partial charge in [-0.3, -0.25) is 0 Å². The minimum absolute atomic E-state index is 0.0876. The molecule has 23 heavy (non-hydrogen) atoms. The molecule has 2 aliphatic rings. The number of morpholine rings is 1. The quantitative estimate of drug-likeness (QED) is 0.919. The molecule has 0 aromatic heterocycles. The molecule has 1 N–H and O–H groups in total. The van der Waals surface area contributed by atoms with Crippen LogP contribution in [-0.4, -0.2) is 56.5 Å². The molecule has 1 saturated carbocycles. The Morgan fingerprint density at radius 3 is 3.04 bits per heavy atom. The van der Waals surface area contributed by atoms with Gasteiger partial charge in [-0.1, -0.05) is 6.07 Å². The molecule has 126 valence electrons. The zero-order chi connectivity index (χ0) is 16.4. The van der Waals surface area contributed by atoms with Crippen molar-refractivity contribution in [2.75, 3.05) is 33.4 Å². The van der Waals surface area contributed by atoms with Crippen molar-refractivity contribution in [1.29, 1.82) is 0 Å². The largest absolute Gasteiger partial charge is 0.382 e. The molecular weight excluding hydrogens is 306 g/mol. The van der Waals surface area contributed by atoms with E-state index in [-0.39, 0.29) is 24.1 Å². The number of rotatable bonds is 4. The molecule has 0 radical (unpaired) electrons. The third-order valence-electron chi connectivity index (χ3n) is 4.24. The van der Waals surface area contributed by atoms with Crippen LogP contribution in [0.1, 0.15) is 17.9 Å². The van der Waals surface area contributed by atoms with E-state index in [2.05, 4.69) is 5.32 Å². The highest BCUT2D eigenvalue weighted by atomic mass is 19.1. The summed E-state index contributed by atoms with van der Waals surface area (Å²) in [5, 5.41) is 2.91. The number of hydrogen-bond donors (Lipinski definition) is 1. The van der Waals surface area contributed by atoms with E-state index in [1.807, 2.05) is 0 Å². The van der Waals surface area contributed by atoms with Crippen LogP contribution in [0.25, 0.3) is 0 Å². The van der Waals surface area contributed by atoms with Crippen molar-refractivity contribution in [3.05, 3.63) is 35.4 Å². The molecule has 0 unspecified atom stereocenters. The molecule has 0 bridgehead atoms. The molecule has 7 heteroatoms. The van der Waals surface area contributed by atoms with E-state index in [1.165, 1.54) is 12.1 Å². The maximum absolute atomic E-state index is 13.7. The summed E-state index contributed by atoms with van der Waals surface area (Å²) in [6.07, 6.45) is 0.546. The molecule has 1 saturated heterocycles. The van der Waals surface area contributed by atoms with Gasteiger partial charge in [0.15, 0.2) is 0 Å². The van der Waals surface area contributed by atoms with Gasteiger partial charge in [0, 0.05) is 31.7 Å². The maximum atomic E-state index is 13.7. The third kappa shape index (κ3) is 3.79. The monoisotopic (exact) mass is 326 g/mol. The molecular formula is C16H20F2N2O3. The smallest absolute Gasteiger partial charge is 0.317 e. The molecule has 0 spiro atoms. The number of amides is 2. The standard InChI is InChI=1S/C16H20F2N2O3/c1-22-9-11-8-20(4-5-23-11)16(21)19-15-7-13(15)12-3-2-10(17)6-14(12)18/h2-3,6,11,13,15H,4-5,7-9H2,1H3,(H,19,21)/t11-,13+,15+/m0/s1. The van der Waals surface area contributed by atoms with Crippen molar-refractivity contribution in [2.24, 2.45) is 0 Å². The van der Waals surface area contributed by atoms with Crippen LogP contribution < -0.4 is 5.32 Å². The fourth-order valence-electron chi connectivity index (χ4n) is 2.94. The van der Waals surface area contributed by atoms with Gasteiger partial charge in [0.05, 0.1) is 25.9 Å². The van der Waals surface area contributed by atoms with E-state index in [0.717, 1.165) is 6.07 Å². The van der Waals surface area contributed by atoms with Gasteiger partial charge in [-0.25, -0.2) is 13.6 Å². The first-order valence-electron chi connectivity index (χ1n) is 7.69. The molecule has 3 atom stereocenters. The van der Waals surface area contributed by atoms with Crippen LogP contribution >= 0.6 is 0 Å². The number of halogens is 2. The van der Waals surface area contributed by atoms with Gasteiger partial charge in [0.2, 0.25) is 0 Å². The lowest BCUT2D eigenvalue weighted by atomic mass is 10.1. The zero-order valence-corrected chi connectivity index (χ0v) is 12.9. The van der Waals surface area contributed by atoms with Gasteiger partial charge >= 0.3 is 6.03 Å². The normalized spacial score (nSPS) is 26.9. The van der Waals surface area contributed by atoms with Crippen LogP contribution in [0, 0.1) is 11.6 Å². The number of nitrogens with zero attached hydrogens (tertiary/aromatic N) is 1. The first kappa shape index (κ1) is 16.1. The average Bonchev–Trinajstić information content (AvgIpc) is 3.26. The summed E-state index contributed by atoms with van der Waals surface area (Å²) in [6, 6.07) is 3.29. The van der Waals surface area contributed by atoms with Crippen LogP contribution in [0.4, 0.5) is 13.6 Å². The van der Waals surface area contributed by atoms with Gasteiger partial charge in [0.1, 0.15) is 11.6 Å². The molecule has 1 aromatic carbocycles. The Labute approximate surface area is 133 Å². The van der Waals surface area contributed by atoms with Crippen LogP contribution in [0.5, 0.6) is 0 Å². The summed E-state index contributed by atoms with van der Waals surface area (Å²) in [4.78, 5) is 14.0. The Balaban J connectivity index is 1.53. The van der Waals surface area contributed by atoms with E-state index < -0.39 is 11.6 Å². The lowest BCUT2D eigenvalue weighted by molar-refractivity contribution is -0.0494. The lowest BCUT2D eigenvalue weighted by Crippen LogP contribution is -2.51. The van der Waals surface area contributed by atoms with Crippen LogP contribution in [0.15, 0.2) is 18.2 Å². The predicted octanol–water partition coefficient (Wildman–Crippen LogP) is 1.88. The molecule has 5 nitrogen and oxygen atoms in total. The van der Waals surface area contributed by atoms with Crippen LogP contribution in [0.3, 0.4) is 0 Å². The second-order valence-electron chi connectivity index (χ2n) is 5.96. The van der Waals surface area contributed by atoms with E-state index in [0.29, 0.717) is 38.3 Å². The Kier molecular flexibility index (Phi) is 4.77. The molecule has 3 rings (SSSR count). The van der Waals surface area contributed by atoms with Gasteiger partial charge in [-0.2, -0.15) is 0 Å². The number of hydrogen-bond acceptors (Lipinski definition) is 3. The topological polar surface area (TPSA) is 50.8 Å².